The number of hydrogen-bond donors (Lipinski definition) is 5. The fourth-order valence-electron chi connectivity index (χ4n) is 7.02. The van der Waals surface area contributed by atoms with Gasteiger partial charge in [-0.2, -0.15) is 0 Å². The number of benzene rings is 1. The van der Waals surface area contributed by atoms with E-state index in [2.05, 4.69) is 27.6 Å². The number of aliphatic hydroxyl groups is 1. The van der Waals surface area contributed by atoms with Crippen molar-refractivity contribution in [3.63, 3.8) is 0 Å². The van der Waals surface area contributed by atoms with E-state index in [1.54, 1.807) is 36.3 Å². The van der Waals surface area contributed by atoms with Crippen LogP contribution in [-0.2, 0) is 25.5 Å². The number of hydrogen-bond acceptors (Lipinski definition) is 11. The Kier molecular flexibility index (Phi) is 19.2. The number of allylic oxidation sites excluding steroid dienone is 2. The molecule has 1 aromatic heterocycles. The topological polar surface area (TPSA) is 196 Å². The predicted octanol–water partition coefficient (Wildman–Crippen LogP) is 6.32. The molecule has 0 saturated carbocycles. The largest absolute Gasteiger partial charge is 0.455 e. The highest BCUT2D eigenvalue weighted by molar-refractivity contribution is 7.09. The number of nitrogens with zero attached hydrogens (tertiary/aromatic N) is 3. The van der Waals surface area contributed by atoms with Crippen molar-refractivity contribution < 1.29 is 33.9 Å². The lowest BCUT2D eigenvalue weighted by Gasteiger charge is -2.33. The number of piperidine rings is 1. The fraction of sp³-hybridized carbons (Fsp3) is 0.605. The fourth-order valence-corrected chi connectivity index (χ4v) is 7.85. The number of esters is 1. The van der Waals surface area contributed by atoms with Crippen LogP contribution in [0.3, 0.4) is 0 Å². The molecule has 1 aliphatic rings. The lowest BCUT2D eigenvalue weighted by molar-refractivity contribution is -0.652. The molecule has 2 heterocycles. The highest BCUT2D eigenvalue weighted by atomic mass is 32.1. The summed E-state index contributed by atoms with van der Waals surface area (Å²) >= 11 is 1.16. The predicted molar refractivity (Wildman–Crippen MR) is 227 cm³/mol. The first-order valence-corrected chi connectivity index (χ1v) is 21.4. The summed E-state index contributed by atoms with van der Waals surface area (Å²) in [6, 6.07) is 5.94. The summed E-state index contributed by atoms with van der Waals surface area (Å²) in [6.07, 6.45) is 6.70. The van der Waals surface area contributed by atoms with Gasteiger partial charge in [0.15, 0.2) is 17.9 Å². The molecule has 1 fully saturated rings. The van der Waals surface area contributed by atoms with Crippen LogP contribution >= 0.6 is 11.3 Å². The summed E-state index contributed by atoms with van der Waals surface area (Å²) in [6.45, 7) is 16.8. The standard InChI is InChI=1S/C43H65N7O7S/c1-9-11-12-15-22-49(42(55)39(29(5)10-2)48-50(56)38-16-13-14-21-45-38)35(28(3)4)24-36(57-30(6)52)41-47-34(27-58-41)40(54)46-33(25-43(7,8)37(53)26-51)23-31-17-19-32(44)20-18-31/h9,17-20,27,29,33,36,38-39,45,51H,1,10-16,21-26,44H2,2-8H3,(H-,46,48,54,56)/p+1/t29-,33-,36+,38-,39-/m0/s1. The zero-order valence-corrected chi connectivity index (χ0v) is 36.3. The molecular formula is C43H66N7O7S+. The smallest absolute Gasteiger partial charge is 0.303 e. The maximum atomic E-state index is 14.7. The van der Waals surface area contributed by atoms with Crippen molar-refractivity contribution in [3.8, 4) is 0 Å². The second-order valence-electron chi connectivity index (χ2n) is 16.2. The highest BCUT2D eigenvalue weighted by Crippen LogP contribution is 2.33. The van der Waals surface area contributed by atoms with E-state index in [4.69, 9.17) is 10.5 Å². The number of thiazole rings is 1. The lowest BCUT2D eigenvalue weighted by Crippen LogP contribution is -2.57. The van der Waals surface area contributed by atoms with Crippen molar-refractivity contribution in [2.75, 3.05) is 25.4 Å². The molecule has 0 bridgehead atoms. The third-order valence-corrected chi connectivity index (χ3v) is 11.6. The molecule has 1 aromatic carbocycles. The molecule has 3 rings (SSSR count). The number of unbranched alkanes of at least 4 members (excludes halogenated alkanes) is 2. The maximum Gasteiger partial charge on any atom is 0.303 e. The van der Waals surface area contributed by atoms with Crippen molar-refractivity contribution in [1.29, 1.82) is 0 Å². The van der Waals surface area contributed by atoms with Crippen molar-refractivity contribution in [2.45, 2.75) is 137 Å². The van der Waals surface area contributed by atoms with Gasteiger partial charge in [0.2, 0.25) is 0 Å². The first-order valence-electron chi connectivity index (χ1n) is 20.5. The van der Waals surface area contributed by atoms with Crippen LogP contribution in [0, 0.1) is 16.2 Å². The van der Waals surface area contributed by atoms with E-state index in [-0.39, 0.29) is 36.1 Å². The molecule has 14 nitrogen and oxygen atoms in total. The summed E-state index contributed by atoms with van der Waals surface area (Å²) in [4.78, 5) is 74.3. The van der Waals surface area contributed by atoms with E-state index in [9.17, 15) is 29.2 Å². The van der Waals surface area contributed by atoms with Crippen molar-refractivity contribution >= 4 is 40.6 Å². The van der Waals surface area contributed by atoms with Gasteiger partial charge in [-0.3, -0.25) is 24.5 Å². The number of aliphatic hydroxyl groups excluding tert-OH is 1. The number of nitrogens with two attached hydrogens (primary N) is 1. The highest BCUT2D eigenvalue weighted by Gasteiger charge is 2.39. The second-order valence-corrected chi connectivity index (χ2v) is 17.1. The second kappa shape index (κ2) is 23.2. The van der Waals surface area contributed by atoms with Crippen LogP contribution in [0.1, 0.15) is 133 Å². The van der Waals surface area contributed by atoms with Gasteiger partial charge in [0.05, 0.1) is 4.91 Å². The summed E-state index contributed by atoms with van der Waals surface area (Å²) in [5.41, 5.74) is 11.0. The number of nitrogen functional groups attached to an aromatic ring is 1. The Balaban J connectivity index is 1.95. The Hall–Kier alpha value is -4.47. The van der Waals surface area contributed by atoms with Gasteiger partial charge < -0.3 is 25.8 Å². The zero-order valence-electron chi connectivity index (χ0n) is 35.5. The number of carbonyl (C=O) groups excluding carboxylic acids is 4. The molecule has 0 aliphatic carbocycles. The molecule has 15 heteroatoms. The quantitative estimate of drug-likeness (QED) is 0.0199. The number of rotatable bonds is 24. The molecular weight excluding hydrogens is 759 g/mol. The van der Waals surface area contributed by atoms with E-state index in [1.165, 1.54) is 6.92 Å². The first kappa shape index (κ1) is 47.9. The average Bonchev–Trinajstić information content (AvgIpc) is 3.69. The molecule has 1 aliphatic heterocycles. The van der Waals surface area contributed by atoms with E-state index in [0.29, 0.717) is 48.6 Å². The molecule has 0 spiro atoms. The third-order valence-electron chi connectivity index (χ3n) is 10.7. The van der Waals surface area contributed by atoms with E-state index in [1.807, 2.05) is 45.9 Å². The van der Waals surface area contributed by atoms with Gasteiger partial charge in [-0.05, 0) is 82.4 Å². The van der Waals surface area contributed by atoms with Gasteiger partial charge in [-0.15, -0.1) is 23.3 Å². The maximum absolute atomic E-state index is 14.7. The summed E-state index contributed by atoms with van der Waals surface area (Å²) in [7, 11) is 0. The van der Waals surface area contributed by atoms with Crippen LogP contribution in [0.5, 0.6) is 0 Å². The van der Waals surface area contributed by atoms with E-state index in [0.717, 1.165) is 59.6 Å². The van der Waals surface area contributed by atoms with E-state index >= 15 is 0 Å². The number of aromatic nitrogens is 1. The number of hydrazine groups is 1. The van der Waals surface area contributed by atoms with Gasteiger partial charge in [0, 0.05) is 61.1 Å². The number of Topliss-reactive ketones (excluding diaryl/α,β-unsaturated/α-hetero) is 1. The number of nitroso groups, excluding NO2 is 1. The molecule has 2 aromatic rings. The van der Waals surface area contributed by atoms with Crippen molar-refractivity contribution in [3.05, 3.63) is 74.7 Å². The third kappa shape index (κ3) is 14.4. The van der Waals surface area contributed by atoms with Gasteiger partial charge in [0.25, 0.3) is 18.0 Å². The van der Waals surface area contributed by atoms with Crippen LogP contribution in [-0.4, -0.2) is 81.4 Å². The Bertz CT molecular complexity index is 1730. The van der Waals surface area contributed by atoms with Crippen LogP contribution < -0.4 is 21.8 Å². The van der Waals surface area contributed by atoms with Crippen molar-refractivity contribution in [1.82, 2.24) is 25.9 Å². The Morgan fingerprint density at radius 3 is 2.47 bits per heavy atom. The van der Waals surface area contributed by atoms with E-state index < -0.39 is 48.3 Å². The number of ketones is 1. The van der Waals surface area contributed by atoms with Crippen molar-refractivity contribution in [2.24, 2.45) is 11.3 Å². The molecule has 5 atom stereocenters. The lowest BCUT2D eigenvalue weighted by atomic mass is 9.80. The van der Waals surface area contributed by atoms with Crippen LogP contribution in [0.2, 0.25) is 0 Å². The zero-order chi connectivity index (χ0) is 43.0. The minimum atomic E-state index is -0.929. The Labute approximate surface area is 348 Å². The first-order chi connectivity index (χ1) is 27.5. The molecule has 1 saturated heterocycles. The number of ether oxygens (including phenoxy) is 1. The SMILES string of the molecule is C=CCCCCN(C(=O)[C@@H](N[N+](=O)[C@H]1CCCCN1)[C@@H](C)CC)C(C[C@@H](OC(C)=O)c1nc(C(=O)N[C@@H](Cc2ccc(N)cc2)CC(C)(C)C(=O)CO)cs1)=C(C)C. The minimum absolute atomic E-state index is 0.0966. The average molecular weight is 825 g/mol. The summed E-state index contributed by atoms with van der Waals surface area (Å²) in [5, 5.41) is 17.9. The number of carbonyl (C=O) groups is 4. The molecule has 320 valence electrons. The number of nitrogens with one attached hydrogen (secondary N) is 3. The Morgan fingerprint density at radius 1 is 1.17 bits per heavy atom. The molecule has 6 N–H and O–H groups in total. The van der Waals surface area contributed by atoms with Crippen LogP contribution in [0.25, 0.3) is 0 Å². The van der Waals surface area contributed by atoms with Gasteiger partial charge in [-0.25, -0.2) is 4.98 Å². The van der Waals surface area contributed by atoms with Gasteiger partial charge in [-0.1, -0.05) is 57.9 Å². The molecule has 2 amide bonds. The monoisotopic (exact) mass is 824 g/mol. The minimum Gasteiger partial charge on any atom is -0.455 e. The molecule has 58 heavy (non-hydrogen) atoms. The number of amides is 2. The number of anilines is 1. The Morgan fingerprint density at radius 2 is 1.88 bits per heavy atom. The van der Waals surface area contributed by atoms with Gasteiger partial charge in [0.1, 0.15) is 22.2 Å². The molecule has 0 radical (unpaired) electrons. The molecule has 0 unspecified atom stereocenters. The normalized spacial score (nSPS) is 16.2. The van der Waals surface area contributed by atoms with Gasteiger partial charge >= 0.3 is 5.97 Å². The van der Waals surface area contributed by atoms with Crippen LogP contribution in [0.15, 0.2) is 53.6 Å². The van der Waals surface area contributed by atoms with Crippen LogP contribution in [0.4, 0.5) is 5.69 Å². The summed E-state index contributed by atoms with van der Waals surface area (Å²) < 4.78 is 5.87. The summed E-state index contributed by atoms with van der Waals surface area (Å²) in [5.74, 6) is -1.80.